The molecule has 3 nitrogen and oxygen atoms in total. The van der Waals surface area contributed by atoms with Crippen LogP contribution in [0.25, 0.3) is 0 Å². The molecule has 3 atom stereocenters. The summed E-state index contributed by atoms with van der Waals surface area (Å²) in [4.78, 5) is 2.07. The summed E-state index contributed by atoms with van der Waals surface area (Å²) >= 11 is 0. The molecule has 3 rings (SSSR count). The second-order valence-corrected chi connectivity index (χ2v) is 6.26. The zero-order valence-corrected chi connectivity index (χ0v) is 12.1. The lowest BCUT2D eigenvalue weighted by atomic mass is 9.78. The predicted molar refractivity (Wildman–Crippen MR) is 77.2 cm³/mol. The summed E-state index contributed by atoms with van der Waals surface area (Å²) in [6, 6.07) is 5.67. The molecule has 1 heterocycles. The molecule has 1 aromatic carbocycles. The van der Waals surface area contributed by atoms with Gasteiger partial charge in [-0.1, -0.05) is 6.42 Å². The van der Waals surface area contributed by atoms with Crippen LogP contribution in [0.5, 0.6) is 0 Å². The second-order valence-electron chi connectivity index (χ2n) is 6.26. The molecule has 1 saturated heterocycles. The van der Waals surface area contributed by atoms with Gasteiger partial charge in [-0.25, -0.2) is 0 Å². The Hall–Kier alpha value is -1.74. The molecule has 0 bridgehead atoms. The first kappa shape index (κ1) is 15.2. The first-order chi connectivity index (χ1) is 10.4. The molecule has 1 aliphatic heterocycles. The normalized spacial score (nSPS) is 28.3. The van der Waals surface area contributed by atoms with Crippen LogP contribution in [0, 0.1) is 23.2 Å². The third-order valence-corrected chi connectivity index (χ3v) is 4.95. The minimum atomic E-state index is -4.50. The number of rotatable bonds is 1. The highest BCUT2D eigenvalue weighted by Crippen LogP contribution is 2.39. The highest BCUT2D eigenvalue weighted by atomic mass is 19.4. The van der Waals surface area contributed by atoms with Crippen LogP contribution < -0.4 is 10.6 Å². The van der Waals surface area contributed by atoms with Crippen molar-refractivity contribution in [3.05, 3.63) is 29.3 Å². The molecule has 22 heavy (non-hydrogen) atoms. The van der Waals surface area contributed by atoms with E-state index in [4.69, 9.17) is 11.0 Å². The molecule has 0 amide bonds. The number of benzene rings is 1. The fourth-order valence-corrected chi connectivity index (χ4v) is 3.80. The summed E-state index contributed by atoms with van der Waals surface area (Å²) in [5.74, 6) is 0.915. The number of fused-ring (bicyclic) bond motifs is 1. The molecule has 3 unspecified atom stereocenters. The van der Waals surface area contributed by atoms with Gasteiger partial charge in [-0.05, 0) is 42.9 Å². The average molecular weight is 309 g/mol. The Morgan fingerprint density at radius 1 is 1.23 bits per heavy atom. The van der Waals surface area contributed by atoms with Crippen LogP contribution >= 0.6 is 0 Å². The van der Waals surface area contributed by atoms with E-state index in [1.807, 2.05) is 0 Å². The number of nitriles is 1. The smallest absolute Gasteiger partial charge is 0.371 e. The van der Waals surface area contributed by atoms with Crippen LogP contribution in [-0.2, 0) is 6.18 Å². The van der Waals surface area contributed by atoms with Gasteiger partial charge in [-0.15, -0.1) is 0 Å². The van der Waals surface area contributed by atoms with Crippen LogP contribution in [0.2, 0.25) is 0 Å². The zero-order chi connectivity index (χ0) is 15.9. The van der Waals surface area contributed by atoms with Gasteiger partial charge in [0.25, 0.3) is 0 Å². The molecule has 0 spiro atoms. The minimum Gasteiger partial charge on any atom is -0.371 e. The maximum absolute atomic E-state index is 12.9. The van der Waals surface area contributed by atoms with Gasteiger partial charge in [0.1, 0.15) is 0 Å². The lowest BCUT2D eigenvalue weighted by molar-refractivity contribution is -0.137. The summed E-state index contributed by atoms with van der Waals surface area (Å²) < 4.78 is 38.6. The Balaban J connectivity index is 1.86. The fraction of sp³-hybridized carbons (Fsp3) is 0.562. The summed E-state index contributed by atoms with van der Waals surface area (Å²) in [6.45, 7) is 1.58. The Morgan fingerprint density at radius 3 is 2.64 bits per heavy atom. The zero-order valence-electron chi connectivity index (χ0n) is 12.1. The number of hydrogen-bond donors (Lipinski definition) is 1. The standard InChI is InChI=1S/C16H18F3N3/c17-16(18,19)14-5-4-12(6-11(14)7-20)22-8-10-2-1-3-15(21)13(10)9-22/h4-6,10,13,15H,1-3,8-9,21H2. The van der Waals surface area contributed by atoms with Gasteiger partial charge in [0.2, 0.25) is 0 Å². The lowest BCUT2D eigenvalue weighted by Crippen LogP contribution is -2.38. The van der Waals surface area contributed by atoms with E-state index < -0.39 is 11.7 Å². The van der Waals surface area contributed by atoms with Gasteiger partial charge in [-0.3, -0.25) is 0 Å². The number of halogens is 3. The molecular weight excluding hydrogens is 291 g/mol. The molecule has 1 saturated carbocycles. The van der Waals surface area contributed by atoms with Crippen molar-refractivity contribution in [2.24, 2.45) is 17.6 Å². The predicted octanol–water partition coefficient (Wildman–Crippen LogP) is 3.14. The van der Waals surface area contributed by atoms with Crippen molar-refractivity contribution in [3.63, 3.8) is 0 Å². The Kier molecular flexibility index (Phi) is 3.77. The van der Waals surface area contributed by atoms with Crippen molar-refractivity contribution in [1.29, 1.82) is 5.26 Å². The van der Waals surface area contributed by atoms with Gasteiger partial charge in [-0.2, -0.15) is 18.4 Å². The van der Waals surface area contributed by atoms with Gasteiger partial charge in [0.15, 0.2) is 0 Å². The van der Waals surface area contributed by atoms with Gasteiger partial charge < -0.3 is 10.6 Å². The van der Waals surface area contributed by atoms with E-state index in [0.29, 0.717) is 17.5 Å². The molecule has 0 radical (unpaired) electrons. The monoisotopic (exact) mass is 309 g/mol. The van der Waals surface area contributed by atoms with E-state index in [9.17, 15) is 13.2 Å². The SMILES string of the molecule is N#Cc1cc(N2CC3CCCC(N)C3C2)ccc1C(F)(F)F. The molecule has 6 heteroatoms. The maximum Gasteiger partial charge on any atom is 0.417 e. The van der Waals surface area contributed by atoms with Crippen molar-refractivity contribution in [1.82, 2.24) is 0 Å². The van der Waals surface area contributed by atoms with Crippen LogP contribution in [-0.4, -0.2) is 19.1 Å². The van der Waals surface area contributed by atoms with E-state index in [-0.39, 0.29) is 11.6 Å². The van der Waals surface area contributed by atoms with Crippen molar-refractivity contribution >= 4 is 5.69 Å². The minimum absolute atomic E-state index is 0.175. The van der Waals surface area contributed by atoms with Crippen molar-refractivity contribution < 1.29 is 13.2 Å². The quantitative estimate of drug-likeness (QED) is 0.867. The third kappa shape index (κ3) is 2.66. The molecule has 1 aliphatic carbocycles. The largest absolute Gasteiger partial charge is 0.417 e. The number of anilines is 1. The highest BCUT2D eigenvalue weighted by Gasteiger charge is 2.39. The molecule has 2 aliphatic rings. The van der Waals surface area contributed by atoms with Crippen molar-refractivity contribution in [2.75, 3.05) is 18.0 Å². The maximum atomic E-state index is 12.9. The van der Waals surface area contributed by atoms with E-state index in [0.717, 1.165) is 38.4 Å². The first-order valence-corrected chi connectivity index (χ1v) is 7.52. The number of nitrogens with two attached hydrogens (primary N) is 1. The Labute approximate surface area is 127 Å². The van der Waals surface area contributed by atoms with Crippen LogP contribution in [0.15, 0.2) is 18.2 Å². The lowest BCUT2D eigenvalue weighted by Gasteiger charge is -2.29. The molecular formula is C16H18F3N3. The Bertz CT molecular complexity index is 606. The van der Waals surface area contributed by atoms with E-state index in [2.05, 4.69) is 4.90 Å². The molecule has 1 aromatic rings. The van der Waals surface area contributed by atoms with Gasteiger partial charge in [0.05, 0.1) is 17.2 Å². The van der Waals surface area contributed by atoms with E-state index in [1.54, 1.807) is 6.07 Å². The third-order valence-electron chi connectivity index (χ3n) is 4.95. The number of nitrogens with zero attached hydrogens (tertiary/aromatic N) is 2. The average Bonchev–Trinajstić information content (AvgIpc) is 2.91. The topological polar surface area (TPSA) is 53.0 Å². The molecule has 0 aromatic heterocycles. The van der Waals surface area contributed by atoms with Crippen LogP contribution in [0.3, 0.4) is 0 Å². The van der Waals surface area contributed by atoms with E-state index >= 15 is 0 Å². The number of hydrogen-bond acceptors (Lipinski definition) is 3. The van der Waals surface area contributed by atoms with E-state index in [1.165, 1.54) is 12.1 Å². The van der Waals surface area contributed by atoms with Crippen molar-refractivity contribution in [3.8, 4) is 6.07 Å². The molecule has 2 fully saturated rings. The van der Waals surface area contributed by atoms with Gasteiger partial charge >= 0.3 is 6.18 Å². The molecule has 2 N–H and O–H groups in total. The van der Waals surface area contributed by atoms with Crippen molar-refractivity contribution in [2.45, 2.75) is 31.5 Å². The molecule has 118 valence electrons. The van der Waals surface area contributed by atoms with Gasteiger partial charge in [0, 0.05) is 24.8 Å². The summed E-state index contributed by atoms with van der Waals surface area (Å²) in [5, 5.41) is 9.01. The summed E-state index contributed by atoms with van der Waals surface area (Å²) in [7, 11) is 0. The summed E-state index contributed by atoms with van der Waals surface area (Å²) in [5.41, 5.74) is 5.67. The summed E-state index contributed by atoms with van der Waals surface area (Å²) in [6.07, 6.45) is -1.23. The second kappa shape index (κ2) is 5.47. The number of alkyl halides is 3. The van der Waals surface area contributed by atoms with Crippen LogP contribution in [0.4, 0.5) is 18.9 Å². The highest BCUT2D eigenvalue weighted by molar-refractivity contribution is 5.56. The Morgan fingerprint density at radius 2 is 2.00 bits per heavy atom. The fourth-order valence-electron chi connectivity index (χ4n) is 3.80. The van der Waals surface area contributed by atoms with Crippen LogP contribution in [0.1, 0.15) is 30.4 Å². The first-order valence-electron chi connectivity index (χ1n) is 7.52.